The van der Waals surface area contributed by atoms with Crippen LogP contribution in [0.25, 0.3) is 0 Å². The van der Waals surface area contributed by atoms with Crippen molar-refractivity contribution in [2.75, 3.05) is 74.9 Å². The van der Waals surface area contributed by atoms with Gasteiger partial charge in [-0.25, -0.2) is 0 Å². The van der Waals surface area contributed by atoms with Gasteiger partial charge in [0.2, 0.25) is 11.9 Å². The van der Waals surface area contributed by atoms with Crippen LogP contribution in [-0.2, 0) is 22.7 Å². The van der Waals surface area contributed by atoms with Crippen LogP contribution in [0, 0.1) is 0 Å². The minimum absolute atomic E-state index is 0.00371. The summed E-state index contributed by atoms with van der Waals surface area (Å²) in [4.78, 5) is 35.8. The van der Waals surface area contributed by atoms with Gasteiger partial charge >= 0.3 is 5.97 Å². The number of nitrogens with zero attached hydrogens (tertiary/aromatic N) is 7. The highest BCUT2D eigenvalue weighted by atomic mass is 16.4. The number of amides is 1. The fourth-order valence-electron chi connectivity index (χ4n) is 5.44. The molecule has 0 bridgehead atoms. The number of carboxylic acid groups (broad SMARTS) is 1. The molecule has 0 unspecified atom stereocenters. The normalized spacial score (nSPS) is 16.0. The fourth-order valence-corrected chi connectivity index (χ4v) is 5.44. The van der Waals surface area contributed by atoms with Gasteiger partial charge in [-0.2, -0.15) is 9.97 Å². The molecule has 2 aromatic heterocycles. The van der Waals surface area contributed by atoms with Gasteiger partial charge in [-0.1, -0.05) is 24.5 Å². The molecule has 1 saturated heterocycles. The number of carbonyl (C=O) groups excluding carboxylic acids is 1. The van der Waals surface area contributed by atoms with Crippen LogP contribution >= 0.6 is 0 Å². The highest BCUT2D eigenvalue weighted by Gasteiger charge is 2.22. The van der Waals surface area contributed by atoms with Crippen LogP contribution in [0.5, 0.6) is 0 Å². The molecule has 15 nitrogen and oxygen atoms in total. The van der Waals surface area contributed by atoms with Crippen LogP contribution in [0.4, 0.5) is 17.6 Å². The molecule has 43 heavy (non-hydrogen) atoms. The van der Waals surface area contributed by atoms with E-state index in [2.05, 4.69) is 46.4 Å². The Kier molecular flexibility index (Phi) is 13.2. The minimum atomic E-state index is -0.938. The second-order valence-electron chi connectivity index (χ2n) is 11.2. The zero-order valence-corrected chi connectivity index (χ0v) is 25.1. The number of anilines is 3. The lowest BCUT2D eigenvalue weighted by Crippen LogP contribution is -2.49. The van der Waals surface area contributed by atoms with Crippen LogP contribution in [0.3, 0.4) is 0 Å². The van der Waals surface area contributed by atoms with Crippen molar-refractivity contribution in [1.82, 2.24) is 45.8 Å². The molecule has 0 radical (unpaired) electrons. The maximum Gasteiger partial charge on any atom is 0.317 e. The van der Waals surface area contributed by atoms with Crippen molar-refractivity contribution >= 4 is 29.5 Å². The van der Waals surface area contributed by atoms with Gasteiger partial charge in [0, 0.05) is 57.8 Å². The van der Waals surface area contributed by atoms with Crippen LogP contribution in [0.2, 0.25) is 0 Å². The third-order valence-electron chi connectivity index (χ3n) is 7.80. The highest BCUT2D eigenvalue weighted by molar-refractivity contribution is 5.77. The number of hydrogen-bond acceptors (Lipinski definition) is 12. The number of nitrogens with one attached hydrogen (secondary N) is 4. The summed E-state index contributed by atoms with van der Waals surface area (Å²) >= 11 is 0. The van der Waals surface area contributed by atoms with E-state index in [1.54, 1.807) is 11.0 Å². The first kappa shape index (κ1) is 32.4. The van der Waals surface area contributed by atoms with Crippen LogP contribution in [0.1, 0.15) is 57.1 Å². The average molecular weight is 601 g/mol. The fraction of sp³-hybridized carbons (Fsp3) is 0.714. The van der Waals surface area contributed by atoms with Gasteiger partial charge in [0.25, 0.3) is 0 Å². The lowest BCUT2D eigenvalue weighted by atomic mass is 9.95. The van der Waals surface area contributed by atoms with Gasteiger partial charge in [0.15, 0.2) is 0 Å². The zero-order chi connectivity index (χ0) is 30.3. The summed E-state index contributed by atoms with van der Waals surface area (Å²) in [6, 6.07) is 2.46. The van der Waals surface area contributed by atoms with Gasteiger partial charge in [-0.3, -0.25) is 14.3 Å². The van der Waals surface area contributed by atoms with Crippen molar-refractivity contribution < 1.29 is 14.7 Å². The molecule has 2 aliphatic rings. The van der Waals surface area contributed by atoms with E-state index in [0.717, 1.165) is 50.8 Å². The Morgan fingerprint density at radius 1 is 0.977 bits per heavy atom. The monoisotopic (exact) mass is 600 g/mol. The SMILES string of the molecule is Nc1cc(N2CCN(C(=O)CCNCC(=O)O)CC2)nc(NCc2cn(CCCNCCCNC3CCCCC3)nn2)n1. The molecular weight excluding hydrogens is 552 g/mol. The largest absolute Gasteiger partial charge is 0.480 e. The van der Waals surface area contributed by atoms with Crippen molar-refractivity contribution in [2.24, 2.45) is 0 Å². The van der Waals surface area contributed by atoms with E-state index in [9.17, 15) is 9.59 Å². The Morgan fingerprint density at radius 2 is 1.77 bits per heavy atom. The quantitative estimate of drug-likeness (QED) is 0.128. The first-order chi connectivity index (χ1) is 21.0. The van der Waals surface area contributed by atoms with E-state index in [4.69, 9.17) is 10.8 Å². The summed E-state index contributed by atoms with van der Waals surface area (Å²) in [5, 5.41) is 30.3. The molecule has 1 aliphatic heterocycles. The summed E-state index contributed by atoms with van der Waals surface area (Å²) in [6.45, 7) is 6.81. The molecule has 1 saturated carbocycles. The predicted octanol–water partition coefficient (Wildman–Crippen LogP) is 0.267. The Bertz CT molecular complexity index is 1130. The van der Waals surface area contributed by atoms with Crippen LogP contribution < -0.4 is 31.9 Å². The standard InChI is InChI=1S/C28H48N12O3/c29-24-18-25(38-14-16-39(17-15-38)26(41)8-12-31-20-27(42)43)35-28(34-24)33-19-23-21-40(37-36-23)13-5-10-30-9-4-11-32-22-6-2-1-3-7-22/h18,21-22,30-32H,1-17,19-20H2,(H,42,43)(H3,29,33,34,35). The minimum Gasteiger partial charge on any atom is -0.480 e. The lowest BCUT2D eigenvalue weighted by molar-refractivity contribution is -0.136. The van der Waals surface area contributed by atoms with Crippen molar-refractivity contribution in [1.29, 1.82) is 0 Å². The van der Waals surface area contributed by atoms with Crippen LogP contribution in [-0.4, -0.2) is 112 Å². The number of carbonyl (C=O) groups is 2. The number of aromatic nitrogens is 5. The van der Waals surface area contributed by atoms with E-state index >= 15 is 0 Å². The molecule has 15 heteroatoms. The second-order valence-corrected chi connectivity index (χ2v) is 11.2. The Morgan fingerprint density at radius 3 is 2.56 bits per heavy atom. The molecule has 1 amide bonds. The van der Waals surface area contributed by atoms with Gasteiger partial charge < -0.3 is 41.9 Å². The van der Waals surface area contributed by atoms with Crippen molar-refractivity contribution in [3.8, 4) is 0 Å². The number of hydrogen-bond donors (Lipinski definition) is 6. The molecule has 0 atom stereocenters. The topological polar surface area (TPSA) is 191 Å². The summed E-state index contributed by atoms with van der Waals surface area (Å²) in [7, 11) is 0. The number of aryl methyl sites for hydroxylation is 1. The molecule has 0 spiro atoms. The van der Waals surface area contributed by atoms with Gasteiger partial charge in [0.1, 0.15) is 17.3 Å². The molecular formula is C28H48N12O3. The van der Waals surface area contributed by atoms with Gasteiger partial charge in [-0.05, 0) is 45.3 Å². The average Bonchev–Trinajstić information content (AvgIpc) is 3.47. The molecule has 2 aromatic rings. The lowest BCUT2D eigenvalue weighted by Gasteiger charge is -2.35. The zero-order valence-electron chi connectivity index (χ0n) is 25.1. The second kappa shape index (κ2) is 17.5. The number of nitrogen functional groups attached to an aromatic ring is 1. The Hall–Kier alpha value is -3.56. The van der Waals surface area contributed by atoms with Crippen molar-refractivity contribution in [3.05, 3.63) is 18.0 Å². The third-order valence-corrected chi connectivity index (χ3v) is 7.80. The Balaban J connectivity index is 1.11. The summed E-state index contributed by atoms with van der Waals surface area (Å²) < 4.78 is 1.86. The molecule has 4 rings (SSSR count). The van der Waals surface area contributed by atoms with Crippen molar-refractivity contribution in [2.45, 2.75) is 70.5 Å². The summed E-state index contributed by atoms with van der Waals surface area (Å²) in [5.41, 5.74) is 6.86. The number of rotatable bonds is 18. The van der Waals surface area contributed by atoms with Crippen LogP contribution in [0.15, 0.2) is 12.3 Å². The predicted molar refractivity (Wildman–Crippen MR) is 165 cm³/mol. The molecule has 2 fully saturated rings. The van der Waals surface area contributed by atoms with E-state index in [0.29, 0.717) is 56.9 Å². The molecule has 0 aromatic carbocycles. The van der Waals surface area contributed by atoms with E-state index in [-0.39, 0.29) is 18.9 Å². The first-order valence-corrected chi connectivity index (χ1v) is 15.6. The third kappa shape index (κ3) is 11.6. The van der Waals surface area contributed by atoms with Gasteiger partial charge in [0.05, 0.1) is 19.3 Å². The summed E-state index contributed by atoms with van der Waals surface area (Å²) in [6.07, 6.45) is 11.1. The molecule has 3 heterocycles. The van der Waals surface area contributed by atoms with E-state index < -0.39 is 5.97 Å². The Labute approximate surface area is 253 Å². The maximum atomic E-state index is 12.4. The van der Waals surface area contributed by atoms with E-state index in [1.165, 1.54) is 32.1 Å². The maximum absolute atomic E-state index is 12.4. The number of piperazine rings is 1. The first-order valence-electron chi connectivity index (χ1n) is 15.6. The number of nitrogens with two attached hydrogens (primary N) is 1. The smallest absolute Gasteiger partial charge is 0.317 e. The molecule has 238 valence electrons. The highest BCUT2D eigenvalue weighted by Crippen LogP contribution is 2.19. The number of carboxylic acids is 1. The van der Waals surface area contributed by atoms with Gasteiger partial charge in [-0.15, -0.1) is 5.10 Å². The molecule has 7 N–H and O–H groups in total. The molecule has 1 aliphatic carbocycles. The van der Waals surface area contributed by atoms with E-state index in [1.807, 2.05) is 10.9 Å². The summed E-state index contributed by atoms with van der Waals surface area (Å²) in [5.74, 6) is 0.536. The number of aliphatic carboxylic acids is 1. The van der Waals surface area contributed by atoms with Crippen molar-refractivity contribution in [3.63, 3.8) is 0 Å².